The van der Waals surface area contributed by atoms with Crippen LogP contribution in [0.5, 0.6) is 0 Å². The minimum Gasteiger partial charge on any atom is -0.352 e. The Kier molecular flexibility index (Phi) is 6.94. The van der Waals surface area contributed by atoms with Crippen LogP contribution in [0.3, 0.4) is 0 Å². The lowest BCUT2D eigenvalue weighted by molar-refractivity contribution is -0.137. The number of hydrogen-bond acceptors (Lipinski definition) is 5. The van der Waals surface area contributed by atoms with Gasteiger partial charge in [0, 0.05) is 42.5 Å². The van der Waals surface area contributed by atoms with Crippen LogP contribution in [0.4, 0.5) is 19.0 Å². The number of rotatable bonds is 4. The summed E-state index contributed by atoms with van der Waals surface area (Å²) in [5, 5.41) is 1.19. The number of anilines is 1. The molecule has 3 aromatic rings. The van der Waals surface area contributed by atoms with E-state index < -0.39 is 11.7 Å². The Balaban J connectivity index is 1.39. The highest BCUT2D eigenvalue weighted by Crippen LogP contribution is 2.40. The van der Waals surface area contributed by atoms with Crippen molar-refractivity contribution in [2.24, 2.45) is 0 Å². The second-order valence-corrected chi connectivity index (χ2v) is 10.9. The largest absolute Gasteiger partial charge is 0.416 e. The predicted molar refractivity (Wildman–Crippen MR) is 137 cm³/mol. The zero-order valence-electron chi connectivity index (χ0n) is 20.7. The molecule has 0 N–H and O–H groups in total. The number of amides is 1. The summed E-state index contributed by atoms with van der Waals surface area (Å²) in [7, 11) is 0. The van der Waals surface area contributed by atoms with Crippen molar-refractivity contribution in [3.05, 3.63) is 51.7 Å². The first-order valence-corrected chi connectivity index (χ1v) is 13.6. The zero-order chi connectivity index (χ0) is 25.4. The van der Waals surface area contributed by atoms with Crippen LogP contribution in [0.25, 0.3) is 10.2 Å². The molecule has 192 valence electrons. The Bertz CT molecular complexity index is 1250. The number of carbonyl (C=O) groups excluding carboxylic acids is 1. The van der Waals surface area contributed by atoms with E-state index in [1.54, 1.807) is 4.90 Å². The van der Waals surface area contributed by atoms with E-state index in [-0.39, 0.29) is 17.4 Å². The molecule has 1 aromatic carbocycles. The molecule has 0 spiro atoms. The van der Waals surface area contributed by atoms with Crippen molar-refractivity contribution in [2.45, 2.75) is 64.5 Å². The normalized spacial score (nSPS) is 17.7. The van der Waals surface area contributed by atoms with Crippen molar-refractivity contribution < 1.29 is 18.0 Å². The Morgan fingerprint density at radius 2 is 1.72 bits per heavy atom. The van der Waals surface area contributed by atoms with Crippen molar-refractivity contribution in [3.63, 3.8) is 0 Å². The average molecular weight is 517 g/mol. The molecular weight excluding hydrogens is 485 g/mol. The Hall–Kier alpha value is -2.68. The van der Waals surface area contributed by atoms with Gasteiger partial charge in [-0.05, 0) is 61.9 Å². The van der Waals surface area contributed by atoms with Gasteiger partial charge in [0.1, 0.15) is 16.5 Å². The molecule has 1 unspecified atom stereocenters. The fourth-order valence-electron chi connectivity index (χ4n) is 5.07. The summed E-state index contributed by atoms with van der Waals surface area (Å²) in [6.45, 7) is 6.55. The molecule has 0 radical (unpaired) electrons. The van der Waals surface area contributed by atoms with E-state index in [4.69, 9.17) is 9.97 Å². The van der Waals surface area contributed by atoms with Gasteiger partial charge in [0.05, 0.1) is 10.9 Å². The number of piperazine rings is 1. The third-order valence-corrected chi connectivity index (χ3v) is 8.63. The third kappa shape index (κ3) is 4.82. The van der Waals surface area contributed by atoms with Crippen molar-refractivity contribution >= 4 is 33.3 Å². The maximum Gasteiger partial charge on any atom is 0.416 e. The van der Waals surface area contributed by atoms with E-state index in [0.717, 1.165) is 47.9 Å². The van der Waals surface area contributed by atoms with Gasteiger partial charge in [0.2, 0.25) is 0 Å². The highest BCUT2D eigenvalue weighted by atomic mass is 32.1. The fourth-order valence-corrected chi connectivity index (χ4v) is 6.33. The smallest absolute Gasteiger partial charge is 0.352 e. The number of carbonyl (C=O) groups is 1. The molecule has 36 heavy (non-hydrogen) atoms. The maximum atomic E-state index is 13.0. The van der Waals surface area contributed by atoms with Crippen LogP contribution >= 0.6 is 11.3 Å². The number of hydrogen-bond donors (Lipinski definition) is 0. The van der Waals surface area contributed by atoms with Gasteiger partial charge in [-0.15, -0.1) is 11.3 Å². The van der Waals surface area contributed by atoms with Gasteiger partial charge in [-0.25, -0.2) is 9.97 Å². The van der Waals surface area contributed by atoms with Gasteiger partial charge in [0.25, 0.3) is 5.91 Å². The number of benzene rings is 1. The van der Waals surface area contributed by atoms with Crippen LogP contribution in [-0.2, 0) is 19.0 Å². The summed E-state index contributed by atoms with van der Waals surface area (Å²) < 4.78 is 38.7. The highest BCUT2D eigenvalue weighted by molar-refractivity contribution is 7.19. The number of aromatic nitrogens is 2. The molecule has 5 nitrogen and oxygen atoms in total. The van der Waals surface area contributed by atoms with Crippen LogP contribution < -0.4 is 4.90 Å². The molecule has 3 heterocycles. The van der Waals surface area contributed by atoms with Crippen LogP contribution in [-0.4, -0.2) is 47.0 Å². The molecule has 2 aliphatic rings. The van der Waals surface area contributed by atoms with Crippen molar-refractivity contribution in [1.82, 2.24) is 14.9 Å². The second kappa shape index (κ2) is 10.00. The predicted octanol–water partition coefficient (Wildman–Crippen LogP) is 6.45. The molecule has 1 aliphatic heterocycles. The maximum absolute atomic E-state index is 13.0. The summed E-state index contributed by atoms with van der Waals surface area (Å²) in [5.41, 5.74) is 0.938. The molecule has 1 atom stereocenters. The minimum absolute atomic E-state index is 0.235. The first-order chi connectivity index (χ1) is 17.3. The quantitative estimate of drug-likeness (QED) is 0.374. The molecule has 1 amide bonds. The first-order valence-electron chi connectivity index (χ1n) is 12.8. The van der Waals surface area contributed by atoms with E-state index in [9.17, 15) is 18.0 Å². The van der Waals surface area contributed by atoms with Crippen molar-refractivity contribution in [2.75, 3.05) is 31.1 Å². The van der Waals surface area contributed by atoms with Crippen LogP contribution in [0.1, 0.15) is 77.6 Å². The van der Waals surface area contributed by atoms with Crippen LogP contribution in [0.15, 0.2) is 24.3 Å². The van der Waals surface area contributed by atoms with E-state index in [0.29, 0.717) is 26.2 Å². The molecular formula is C27H31F3N4OS. The summed E-state index contributed by atoms with van der Waals surface area (Å²) in [6.07, 6.45) is 2.35. The molecule has 1 aliphatic carbocycles. The van der Waals surface area contributed by atoms with Crippen LogP contribution in [0.2, 0.25) is 0 Å². The van der Waals surface area contributed by atoms with Gasteiger partial charge in [-0.1, -0.05) is 20.3 Å². The van der Waals surface area contributed by atoms with Gasteiger partial charge in [-0.2, -0.15) is 13.2 Å². The number of nitrogens with zero attached hydrogens (tertiary/aromatic N) is 4. The Labute approximate surface area is 213 Å². The lowest BCUT2D eigenvalue weighted by Gasteiger charge is -2.36. The number of fused-ring (bicyclic) bond motifs is 3. The van der Waals surface area contributed by atoms with Gasteiger partial charge in [0.15, 0.2) is 0 Å². The Morgan fingerprint density at radius 1 is 1.03 bits per heavy atom. The molecule has 1 fully saturated rings. The molecule has 9 heteroatoms. The fraction of sp³-hybridized carbons (Fsp3) is 0.519. The number of halogens is 3. The number of thiophene rings is 1. The Morgan fingerprint density at radius 3 is 2.39 bits per heavy atom. The molecule has 0 bridgehead atoms. The topological polar surface area (TPSA) is 49.3 Å². The van der Waals surface area contributed by atoms with E-state index in [2.05, 4.69) is 18.7 Å². The minimum atomic E-state index is -4.41. The third-order valence-electron chi connectivity index (χ3n) is 7.44. The van der Waals surface area contributed by atoms with E-state index in [1.165, 1.54) is 47.2 Å². The second-order valence-electron chi connectivity index (χ2n) is 9.81. The average Bonchev–Trinajstić information content (AvgIpc) is 3.07. The standard InChI is InChI=1S/C27H31F3N4OS/c1-3-17(2)23-31-24(22-20-7-5-4-6-8-21(20)36-25(22)32-23)33-13-15-34(16-14-33)26(35)18-9-11-19(12-10-18)27(28,29)30/h9-12,17H,3-8,13-16H2,1-2H3. The van der Waals surface area contributed by atoms with E-state index >= 15 is 0 Å². The molecule has 5 rings (SSSR count). The van der Waals surface area contributed by atoms with Gasteiger partial charge >= 0.3 is 6.18 Å². The zero-order valence-corrected chi connectivity index (χ0v) is 21.5. The van der Waals surface area contributed by atoms with E-state index in [1.807, 2.05) is 11.3 Å². The lowest BCUT2D eigenvalue weighted by Crippen LogP contribution is -2.49. The lowest BCUT2D eigenvalue weighted by atomic mass is 10.1. The summed E-state index contributed by atoms with van der Waals surface area (Å²) in [5.74, 6) is 1.88. The number of alkyl halides is 3. The van der Waals surface area contributed by atoms with Crippen molar-refractivity contribution in [1.29, 1.82) is 0 Å². The highest BCUT2D eigenvalue weighted by Gasteiger charge is 2.31. The monoisotopic (exact) mass is 516 g/mol. The van der Waals surface area contributed by atoms with Crippen molar-refractivity contribution in [3.8, 4) is 0 Å². The van der Waals surface area contributed by atoms with Crippen LogP contribution in [0, 0.1) is 0 Å². The molecule has 1 saturated heterocycles. The first kappa shape index (κ1) is 25.0. The molecule has 2 aromatic heterocycles. The number of aryl methyl sites for hydroxylation is 2. The summed E-state index contributed by atoms with van der Waals surface area (Å²) in [4.78, 5) is 29.6. The van der Waals surface area contributed by atoms with Gasteiger partial charge < -0.3 is 9.80 Å². The molecule has 0 saturated carbocycles. The summed E-state index contributed by atoms with van der Waals surface area (Å²) in [6, 6.07) is 4.48. The summed E-state index contributed by atoms with van der Waals surface area (Å²) >= 11 is 1.82. The SMILES string of the molecule is CCC(C)c1nc(N2CCN(C(=O)c3ccc(C(F)(F)F)cc3)CC2)c2c3c(sc2n1)CCCCC3. The van der Waals surface area contributed by atoms with Gasteiger partial charge in [-0.3, -0.25) is 4.79 Å².